The van der Waals surface area contributed by atoms with E-state index in [9.17, 15) is 4.79 Å². The van der Waals surface area contributed by atoms with E-state index in [1.807, 2.05) is 30.3 Å². The quantitative estimate of drug-likeness (QED) is 0.524. The zero-order chi connectivity index (χ0) is 22.8. The maximum absolute atomic E-state index is 12.3. The molecule has 2 aromatic carbocycles. The number of nitrogens with one attached hydrogen (secondary N) is 1. The molecule has 32 heavy (non-hydrogen) atoms. The molecule has 0 spiro atoms. The molecule has 1 aromatic heterocycles. The van der Waals surface area contributed by atoms with Gasteiger partial charge in [0.15, 0.2) is 11.5 Å². The Kier molecular flexibility index (Phi) is 8.04. The number of pyridine rings is 1. The summed E-state index contributed by atoms with van der Waals surface area (Å²) in [5, 5.41) is 11.7. The Labute approximate surface area is 187 Å². The highest BCUT2D eigenvalue weighted by molar-refractivity contribution is 5.78. The number of hydrogen-bond acceptors (Lipinski definition) is 6. The number of methoxy groups -OCH3 is 2. The maximum atomic E-state index is 12.3. The SMILES string of the molecule is COc1cccc(CCNC(=O)Cc2ccc(Oc3ccc(CC#N)cn3)c(OC)c2)c1. The molecule has 164 valence electrons. The molecule has 0 saturated carbocycles. The van der Waals surface area contributed by atoms with Crippen LogP contribution >= 0.6 is 0 Å². The molecule has 0 aliphatic rings. The van der Waals surface area contributed by atoms with Crippen LogP contribution in [0.1, 0.15) is 16.7 Å². The van der Waals surface area contributed by atoms with Crippen LogP contribution in [0.5, 0.6) is 23.1 Å². The highest BCUT2D eigenvalue weighted by atomic mass is 16.5. The van der Waals surface area contributed by atoms with Gasteiger partial charge in [-0.1, -0.05) is 24.3 Å². The van der Waals surface area contributed by atoms with E-state index in [1.165, 1.54) is 0 Å². The third kappa shape index (κ3) is 6.47. The van der Waals surface area contributed by atoms with Crippen LogP contribution in [0.25, 0.3) is 0 Å². The third-order valence-corrected chi connectivity index (χ3v) is 4.76. The average Bonchev–Trinajstić information content (AvgIpc) is 2.81. The van der Waals surface area contributed by atoms with Gasteiger partial charge in [0.2, 0.25) is 11.8 Å². The van der Waals surface area contributed by atoms with Crippen molar-refractivity contribution in [2.45, 2.75) is 19.3 Å². The van der Waals surface area contributed by atoms with Gasteiger partial charge in [-0.2, -0.15) is 5.26 Å². The van der Waals surface area contributed by atoms with E-state index in [0.29, 0.717) is 30.3 Å². The molecule has 1 heterocycles. The fourth-order valence-corrected chi connectivity index (χ4v) is 3.11. The van der Waals surface area contributed by atoms with E-state index in [0.717, 1.165) is 28.9 Å². The van der Waals surface area contributed by atoms with Crippen molar-refractivity contribution in [1.82, 2.24) is 10.3 Å². The lowest BCUT2D eigenvalue weighted by Crippen LogP contribution is -2.27. The first-order valence-electron chi connectivity index (χ1n) is 10.2. The molecule has 0 unspecified atom stereocenters. The summed E-state index contributed by atoms with van der Waals surface area (Å²) in [6, 6.07) is 18.7. The largest absolute Gasteiger partial charge is 0.497 e. The minimum Gasteiger partial charge on any atom is -0.497 e. The van der Waals surface area contributed by atoms with Crippen molar-refractivity contribution in [3.8, 4) is 29.2 Å². The van der Waals surface area contributed by atoms with Gasteiger partial charge in [-0.25, -0.2) is 4.98 Å². The zero-order valence-corrected chi connectivity index (χ0v) is 18.1. The maximum Gasteiger partial charge on any atom is 0.224 e. The smallest absolute Gasteiger partial charge is 0.224 e. The Morgan fingerprint density at radius 1 is 1.00 bits per heavy atom. The van der Waals surface area contributed by atoms with Gasteiger partial charge in [0, 0.05) is 18.8 Å². The molecule has 0 bridgehead atoms. The molecule has 0 fully saturated rings. The minimum atomic E-state index is -0.0710. The van der Waals surface area contributed by atoms with Crippen LogP contribution in [0.2, 0.25) is 0 Å². The molecule has 0 atom stereocenters. The highest BCUT2D eigenvalue weighted by Crippen LogP contribution is 2.31. The Balaban J connectivity index is 1.55. The molecular weight excluding hydrogens is 406 g/mol. The Bertz CT molecular complexity index is 1090. The lowest BCUT2D eigenvalue weighted by Gasteiger charge is -2.12. The Morgan fingerprint density at radius 3 is 2.56 bits per heavy atom. The average molecular weight is 431 g/mol. The summed E-state index contributed by atoms with van der Waals surface area (Å²) in [6.07, 6.45) is 2.86. The van der Waals surface area contributed by atoms with Crippen molar-refractivity contribution in [3.63, 3.8) is 0 Å². The van der Waals surface area contributed by atoms with E-state index < -0.39 is 0 Å². The number of carbonyl (C=O) groups excluding carboxylic acids is 1. The van der Waals surface area contributed by atoms with Gasteiger partial charge in [0.25, 0.3) is 0 Å². The van der Waals surface area contributed by atoms with Gasteiger partial charge in [-0.05, 0) is 47.4 Å². The van der Waals surface area contributed by atoms with Gasteiger partial charge < -0.3 is 19.5 Å². The molecule has 7 nitrogen and oxygen atoms in total. The lowest BCUT2D eigenvalue weighted by molar-refractivity contribution is -0.120. The molecule has 3 aromatic rings. The van der Waals surface area contributed by atoms with Crippen molar-refractivity contribution < 1.29 is 19.0 Å². The normalized spacial score (nSPS) is 10.2. The molecule has 0 aliphatic heterocycles. The summed E-state index contributed by atoms with van der Waals surface area (Å²) < 4.78 is 16.4. The Morgan fingerprint density at radius 2 is 1.84 bits per heavy atom. The van der Waals surface area contributed by atoms with Gasteiger partial charge >= 0.3 is 0 Å². The second-order valence-electron chi connectivity index (χ2n) is 7.06. The van der Waals surface area contributed by atoms with Crippen molar-refractivity contribution in [3.05, 3.63) is 77.5 Å². The third-order valence-electron chi connectivity index (χ3n) is 4.76. The standard InChI is InChI=1S/C25H25N3O4/c1-30-21-5-3-4-18(14-21)11-13-27-24(29)16-20-6-8-22(23(15-20)31-2)32-25-9-7-19(10-12-26)17-28-25/h3-9,14-15,17H,10-11,13,16H2,1-2H3,(H,27,29). The van der Waals surface area contributed by atoms with E-state index >= 15 is 0 Å². The fourth-order valence-electron chi connectivity index (χ4n) is 3.11. The summed E-state index contributed by atoms with van der Waals surface area (Å²) in [6.45, 7) is 0.539. The highest BCUT2D eigenvalue weighted by Gasteiger charge is 2.11. The number of hydrogen-bond donors (Lipinski definition) is 1. The molecule has 0 radical (unpaired) electrons. The molecule has 3 rings (SSSR count). The molecular formula is C25H25N3O4. The number of carbonyl (C=O) groups is 1. The summed E-state index contributed by atoms with van der Waals surface area (Å²) in [5.74, 6) is 2.13. The summed E-state index contributed by atoms with van der Waals surface area (Å²) in [7, 11) is 3.18. The molecule has 0 saturated heterocycles. The summed E-state index contributed by atoms with van der Waals surface area (Å²) in [4.78, 5) is 16.6. The topological polar surface area (TPSA) is 93.5 Å². The van der Waals surface area contributed by atoms with Crippen molar-refractivity contribution in [2.24, 2.45) is 0 Å². The first kappa shape index (κ1) is 22.6. The molecule has 0 aliphatic carbocycles. The van der Waals surface area contributed by atoms with E-state index in [1.54, 1.807) is 44.7 Å². The van der Waals surface area contributed by atoms with Crippen molar-refractivity contribution >= 4 is 5.91 Å². The molecule has 7 heteroatoms. The van der Waals surface area contributed by atoms with Gasteiger partial charge in [-0.3, -0.25) is 4.79 Å². The van der Waals surface area contributed by atoms with Crippen molar-refractivity contribution in [1.29, 1.82) is 5.26 Å². The number of amides is 1. The summed E-state index contributed by atoms with van der Waals surface area (Å²) in [5.41, 5.74) is 2.73. The Hall–Kier alpha value is -4.05. The van der Waals surface area contributed by atoms with Crippen LogP contribution in [0.4, 0.5) is 0 Å². The fraction of sp³-hybridized carbons (Fsp3) is 0.240. The van der Waals surface area contributed by atoms with E-state index in [2.05, 4.69) is 16.4 Å². The van der Waals surface area contributed by atoms with Crippen LogP contribution in [-0.4, -0.2) is 31.7 Å². The second-order valence-corrected chi connectivity index (χ2v) is 7.06. The number of benzene rings is 2. The van der Waals surface area contributed by atoms with E-state index in [4.69, 9.17) is 19.5 Å². The van der Waals surface area contributed by atoms with Gasteiger partial charge in [0.1, 0.15) is 5.75 Å². The number of nitrogens with zero attached hydrogens (tertiary/aromatic N) is 2. The number of nitriles is 1. The van der Waals surface area contributed by atoms with Crippen LogP contribution in [-0.2, 0) is 24.1 Å². The number of rotatable bonds is 10. The van der Waals surface area contributed by atoms with Crippen molar-refractivity contribution in [2.75, 3.05) is 20.8 Å². The van der Waals surface area contributed by atoms with Crippen LogP contribution < -0.4 is 19.5 Å². The number of ether oxygens (including phenoxy) is 3. The minimum absolute atomic E-state index is 0.0710. The zero-order valence-electron chi connectivity index (χ0n) is 18.1. The van der Waals surface area contributed by atoms with Gasteiger partial charge in [-0.15, -0.1) is 0 Å². The first-order valence-corrected chi connectivity index (χ1v) is 10.2. The van der Waals surface area contributed by atoms with Crippen LogP contribution in [0.3, 0.4) is 0 Å². The first-order chi connectivity index (χ1) is 15.6. The van der Waals surface area contributed by atoms with Crippen LogP contribution in [0.15, 0.2) is 60.8 Å². The second kappa shape index (κ2) is 11.4. The lowest BCUT2D eigenvalue weighted by atomic mass is 10.1. The molecule has 1 amide bonds. The van der Waals surface area contributed by atoms with E-state index in [-0.39, 0.29) is 12.3 Å². The monoisotopic (exact) mass is 431 g/mol. The summed E-state index contributed by atoms with van der Waals surface area (Å²) >= 11 is 0. The van der Waals surface area contributed by atoms with Gasteiger partial charge in [0.05, 0.1) is 33.1 Å². The number of aromatic nitrogens is 1. The predicted octanol–water partition coefficient (Wildman–Crippen LogP) is 3.86. The van der Waals surface area contributed by atoms with Crippen LogP contribution in [0, 0.1) is 11.3 Å². The molecule has 1 N–H and O–H groups in total. The predicted molar refractivity (Wildman–Crippen MR) is 120 cm³/mol.